The first-order valence-corrected chi connectivity index (χ1v) is 31.2. The summed E-state index contributed by atoms with van der Waals surface area (Å²) < 4.78 is 164. The Morgan fingerprint density at radius 3 is 0.907 bits per heavy atom. The molecule has 0 aromatic heterocycles. The lowest BCUT2D eigenvalue weighted by Gasteiger charge is -2.50. The lowest BCUT2D eigenvalue weighted by Crippen LogP contribution is -2.68. The number of benzene rings is 7. The molecule has 7 aromatic carbocycles. The van der Waals surface area contributed by atoms with Gasteiger partial charge < -0.3 is 61.6 Å². The molecule has 456 valence electrons. The maximum absolute atomic E-state index is 14.2. The Morgan fingerprint density at radius 2 is 0.593 bits per heavy atom. The van der Waals surface area contributed by atoms with Gasteiger partial charge in [0.05, 0.1) is 52.9 Å². The van der Waals surface area contributed by atoms with E-state index < -0.39 is 105 Å². The Kier molecular flexibility index (Phi) is 22.4. The van der Waals surface area contributed by atoms with E-state index in [1.54, 1.807) is 103 Å². The van der Waals surface area contributed by atoms with Crippen LogP contribution in [-0.4, -0.2) is 124 Å². The molecule has 0 bridgehead atoms. The Balaban J connectivity index is 1.09. The number of methoxy groups -OCH3 is 1. The van der Waals surface area contributed by atoms with Crippen LogP contribution in [0.5, 0.6) is 0 Å². The highest BCUT2D eigenvalue weighted by Gasteiger charge is 2.60. The molecule has 0 aliphatic carbocycles. The molecule has 0 unspecified atom stereocenters. The van der Waals surface area contributed by atoms with E-state index in [2.05, 4.69) is 0 Å². The summed E-state index contributed by atoms with van der Waals surface area (Å²) in [5, 5.41) is 0. The Bertz CT molecular complexity index is 3330. The van der Waals surface area contributed by atoms with Gasteiger partial charge >= 0.3 is 0 Å². The van der Waals surface area contributed by atoms with E-state index in [1.165, 1.54) is 7.11 Å². The van der Waals surface area contributed by atoms with Crippen LogP contribution in [0, 0.1) is 0 Å². The summed E-state index contributed by atoms with van der Waals surface area (Å²) in [6.45, 7) is -0.591. The fourth-order valence-corrected chi connectivity index (χ4v) is 12.1. The molecule has 86 heavy (non-hydrogen) atoms. The second-order valence-corrected chi connectivity index (χ2v) is 23.8. The van der Waals surface area contributed by atoms with Gasteiger partial charge in [-0.2, -0.15) is 16.8 Å². The minimum atomic E-state index is -5.37. The van der Waals surface area contributed by atoms with Crippen molar-refractivity contribution in [1.82, 2.24) is 0 Å². The largest absolute Gasteiger partial charge is 0.368 e. The Hall–Kier alpha value is -6.16. The smallest absolute Gasteiger partial charge is 0.295 e. The van der Waals surface area contributed by atoms with Crippen molar-refractivity contribution in [2.24, 2.45) is 0 Å². The standard InChI is InChI=1S/C65H70O19S2/c1-72-61-57(76-40-48-29-15-5-16-30-48)54(59(64(83-61)85(66,67)68)78-42-50-33-19-7-20-34-50)82-63-58(77-41-49-31-17-6-18-32-49)55(60(65(84-63)86(69,70)71)79-43-51-35-21-8-22-36-51)81-62-56(75-39-47-27-13-4-14-28-47)53(74-38-46-25-11-3-12-26-46)52(44-80-62)73-37-45-23-9-2-10-24-45/h2-36,52-65H,37-44H2,1H3,(H,66,67,68)(H,69,70,71)/t52-,53+,54-,55-,56-,57-,58-,59+,60+,61-,62+,63-,64-,65-/m1/s1. The summed E-state index contributed by atoms with van der Waals surface area (Å²) in [6.07, 6.45) is -17.8. The molecule has 10 rings (SSSR count). The molecule has 3 saturated heterocycles. The summed E-state index contributed by atoms with van der Waals surface area (Å²) in [5.41, 5.74) is 0.573. The molecule has 0 spiro atoms. The zero-order valence-corrected chi connectivity index (χ0v) is 48.7. The van der Waals surface area contributed by atoms with Crippen LogP contribution in [-0.2, 0) is 128 Å². The van der Waals surface area contributed by atoms with Crippen molar-refractivity contribution in [2.45, 2.75) is 131 Å². The molecule has 21 heteroatoms. The van der Waals surface area contributed by atoms with Crippen molar-refractivity contribution in [3.05, 3.63) is 251 Å². The highest BCUT2D eigenvalue weighted by Crippen LogP contribution is 2.40. The van der Waals surface area contributed by atoms with E-state index in [0.29, 0.717) is 22.3 Å². The van der Waals surface area contributed by atoms with Crippen molar-refractivity contribution in [3.8, 4) is 0 Å². The molecular weight excluding hydrogens is 1150 g/mol. The van der Waals surface area contributed by atoms with E-state index in [-0.39, 0.29) is 52.9 Å². The van der Waals surface area contributed by atoms with Gasteiger partial charge in [-0.25, -0.2) is 0 Å². The number of ether oxygens (including phenoxy) is 13. The van der Waals surface area contributed by atoms with Crippen LogP contribution < -0.4 is 0 Å². The number of hydrogen-bond donors (Lipinski definition) is 2. The Labute approximate surface area is 501 Å². The summed E-state index contributed by atoms with van der Waals surface area (Å²) in [7, 11) is -9.32. The Morgan fingerprint density at radius 1 is 0.337 bits per heavy atom. The van der Waals surface area contributed by atoms with E-state index in [1.807, 2.05) is 109 Å². The third-order valence-corrected chi connectivity index (χ3v) is 16.6. The minimum absolute atomic E-state index is 0.0223. The van der Waals surface area contributed by atoms with Crippen molar-refractivity contribution >= 4 is 20.2 Å². The summed E-state index contributed by atoms with van der Waals surface area (Å²) >= 11 is 0. The van der Waals surface area contributed by atoms with Gasteiger partial charge in [-0.05, 0) is 38.9 Å². The van der Waals surface area contributed by atoms with Crippen molar-refractivity contribution in [3.63, 3.8) is 0 Å². The normalized spacial score (nSPS) is 27.1. The fraction of sp³-hybridized carbons (Fsp3) is 0.354. The summed E-state index contributed by atoms with van der Waals surface area (Å²) in [6, 6.07) is 64.4. The summed E-state index contributed by atoms with van der Waals surface area (Å²) in [4.78, 5) is 0. The van der Waals surface area contributed by atoms with Crippen LogP contribution in [0.25, 0.3) is 0 Å². The van der Waals surface area contributed by atoms with Gasteiger partial charge in [0, 0.05) is 7.11 Å². The predicted octanol–water partition coefficient (Wildman–Crippen LogP) is 9.00. The third kappa shape index (κ3) is 17.1. The van der Waals surface area contributed by atoms with Gasteiger partial charge in [0.25, 0.3) is 20.2 Å². The second kappa shape index (κ2) is 30.7. The lowest BCUT2D eigenvalue weighted by molar-refractivity contribution is -0.379. The highest BCUT2D eigenvalue weighted by molar-refractivity contribution is 7.86. The first kappa shape index (κ1) is 62.9. The van der Waals surface area contributed by atoms with Crippen LogP contribution in [0.4, 0.5) is 0 Å². The molecule has 0 saturated carbocycles. The van der Waals surface area contributed by atoms with Gasteiger partial charge in [0.1, 0.15) is 54.9 Å². The van der Waals surface area contributed by atoms with Crippen molar-refractivity contribution < 1.29 is 87.5 Å². The zero-order chi connectivity index (χ0) is 59.7. The van der Waals surface area contributed by atoms with Crippen molar-refractivity contribution in [1.29, 1.82) is 0 Å². The topological polar surface area (TPSA) is 229 Å². The van der Waals surface area contributed by atoms with Crippen LogP contribution >= 0.6 is 0 Å². The van der Waals surface area contributed by atoms with Gasteiger partial charge in [-0.15, -0.1) is 0 Å². The first-order chi connectivity index (χ1) is 41.9. The lowest BCUT2D eigenvalue weighted by atomic mass is 10.00. The SMILES string of the molecule is CO[C@@H]1O[C@H](S(=O)(=O)O)[C@@H](OCc2ccccc2)[C@H](O[C@@H]2O[C@H](S(=O)(=O)O)[C@@H](OCc3ccccc3)[C@H](O[C@@H]3OC[C@@H](OCc4ccccc4)[C@H](OCc4ccccc4)[C@H]3OCc3ccccc3)[C@H]2OCc2ccccc2)[C@H]1OCc1ccccc1. The molecule has 3 aliphatic heterocycles. The fourth-order valence-electron chi connectivity index (χ4n) is 10.4. The molecule has 7 aromatic rings. The second-order valence-electron chi connectivity index (χ2n) is 20.8. The molecule has 0 radical (unpaired) electrons. The molecule has 2 N–H and O–H groups in total. The highest BCUT2D eigenvalue weighted by atomic mass is 32.2. The first-order valence-electron chi connectivity index (χ1n) is 28.2. The molecule has 3 aliphatic rings. The van der Waals surface area contributed by atoms with Gasteiger partial charge in [-0.3, -0.25) is 9.11 Å². The monoisotopic (exact) mass is 1220 g/mol. The van der Waals surface area contributed by atoms with Gasteiger partial charge in [-0.1, -0.05) is 212 Å². The average molecular weight is 1220 g/mol. The number of hydrogen-bond acceptors (Lipinski definition) is 17. The maximum Gasteiger partial charge on any atom is 0.295 e. The molecule has 0 amide bonds. The molecule has 3 heterocycles. The number of rotatable bonds is 28. The molecule has 3 fully saturated rings. The summed E-state index contributed by atoms with van der Waals surface area (Å²) in [5.74, 6) is 0. The van der Waals surface area contributed by atoms with E-state index in [4.69, 9.17) is 61.6 Å². The average Bonchev–Trinajstić information content (AvgIpc) is 1.02. The predicted molar refractivity (Wildman–Crippen MR) is 312 cm³/mol. The van der Waals surface area contributed by atoms with Gasteiger partial charge in [0.15, 0.2) is 18.9 Å². The minimum Gasteiger partial charge on any atom is -0.368 e. The maximum atomic E-state index is 14.2. The van der Waals surface area contributed by atoms with Crippen LogP contribution in [0.1, 0.15) is 38.9 Å². The molecular formula is C65H70O19S2. The van der Waals surface area contributed by atoms with Gasteiger partial charge in [0.2, 0.25) is 10.9 Å². The van der Waals surface area contributed by atoms with E-state index >= 15 is 0 Å². The van der Waals surface area contributed by atoms with Crippen molar-refractivity contribution in [2.75, 3.05) is 13.7 Å². The van der Waals surface area contributed by atoms with Crippen LogP contribution in [0.2, 0.25) is 0 Å². The van der Waals surface area contributed by atoms with E-state index in [9.17, 15) is 25.9 Å². The third-order valence-electron chi connectivity index (χ3n) is 14.7. The molecule has 14 atom stereocenters. The quantitative estimate of drug-likeness (QED) is 0.0436. The molecule has 19 nitrogen and oxygen atoms in total. The van der Waals surface area contributed by atoms with Crippen LogP contribution in [0.15, 0.2) is 212 Å². The van der Waals surface area contributed by atoms with Crippen LogP contribution in [0.3, 0.4) is 0 Å². The van der Waals surface area contributed by atoms with E-state index in [0.717, 1.165) is 16.7 Å². The zero-order valence-electron chi connectivity index (χ0n) is 47.1.